The summed E-state index contributed by atoms with van der Waals surface area (Å²) >= 11 is 0. The van der Waals surface area contributed by atoms with E-state index in [4.69, 9.17) is 5.73 Å². The highest BCUT2D eigenvalue weighted by Crippen LogP contribution is 2.07. The molecular formula is C11H21F2N3O. The minimum Gasteiger partial charge on any atom is -0.339 e. The van der Waals surface area contributed by atoms with Gasteiger partial charge >= 0.3 is 0 Å². The Hall–Kier alpha value is -0.750. The molecule has 0 aromatic heterocycles. The molecule has 0 aromatic rings. The van der Waals surface area contributed by atoms with Gasteiger partial charge in [-0.2, -0.15) is 0 Å². The highest BCUT2D eigenvalue weighted by Gasteiger charge is 2.25. The van der Waals surface area contributed by atoms with E-state index < -0.39 is 12.5 Å². The SMILES string of the molecule is CCCC(N)C(=O)N1CCN(CC(F)F)CC1. The molecule has 0 radical (unpaired) electrons. The molecule has 17 heavy (non-hydrogen) atoms. The molecule has 2 N–H and O–H groups in total. The average Bonchev–Trinajstić information content (AvgIpc) is 2.28. The minimum atomic E-state index is -2.31. The van der Waals surface area contributed by atoms with E-state index in [1.54, 1.807) is 9.80 Å². The van der Waals surface area contributed by atoms with Crippen molar-refractivity contribution in [1.82, 2.24) is 9.80 Å². The molecule has 0 aromatic carbocycles. The van der Waals surface area contributed by atoms with Crippen LogP contribution in [0.5, 0.6) is 0 Å². The first kappa shape index (κ1) is 14.3. The third-order valence-corrected chi connectivity index (χ3v) is 3.00. The summed E-state index contributed by atoms with van der Waals surface area (Å²) in [6, 6.07) is -0.443. The second-order valence-corrected chi connectivity index (χ2v) is 4.41. The third kappa shape index (κ3) is 4.55. The first-order chi connectivity index (χ1) is 8.04. The number of carbonyl (C=O) groups is 1. The Labute approximate surface area is 101 Å². The predicted molar refractivity (Wildman–Crippen MR) is 61.9 cm³/mol. The molecule has 1 aliphatic rings. The van der Waals surface area contributed by atoms with Crippen LogP contribution in [0, 0.1) is 0 Å². The molecule has 1 rings (SSSR count). The number of amides is 1. The van der Waals surface area contributed by atoms with Crippen LogP contribution in [0.3, 0.4) is 0 Å². The number of piperazine rings is 1. The van der Waals surface area contributed by atoms with E-state index in [9.17, 15) is 13.6 Å². The van der Waals surface area contributed by atoms with Crippen molar-refractivity contribution in [1.29, 1.82) is 0 Å². The van der Waals surface area contributed by atoms with Crippen molar-refractivity contribution in [2.75, 3.05) is 32.7 Å². The summed E-state index contributed by atoms with van der Waals surface area (Å²) in [6.07, 6.45) is -0.756. The molecule has 4 nitrogen and oxygen atoms in total. The van der Waals surface area contributed by atoms with Crippen LogP contribution in [0.1, 0.15) is 19.8 Å². The van der Waals surface area contributed by atoms with Gasteiger partial charge in [0.2, 0.25) is 5.91 Å². The van der Waals surface area contributed by atoms with Crippen LogP contribution in [0.4, 0.5) is 8.78 Å². The lowest BCUT2D eigenvalue weighted by molar-refractivity contribution is -0.134. The number of halogens is 2. The first-order valence-electron chi connectivity index (χ1n) is 6.09. The lowest BCUT2D eigenvalue weighted by Crippen LogP contribution is -2.53. The maximum absolute atomic E-state index is 12.2. The number of nitrogens with zero attached hydrogens (tertiary/aromatic N) is 2. The van der Waals surface area contributed by atoms with E-state index in [1.165, 1.54) is 0 Å². The van der Waals surface area contributed by atoms with Gasteiger partial charge in [-0.25, -0.2) is 8.78 Å². The lowest BCUT2D eigenvalue weighted by Gasteiger charge is -2.35. The summed E-state index contributed by atoms with van der Waals surface area (Å²) in [7, 11) is 0. The fourth-order valence-corrected chi connectivity index (χ4v) is 2.01. The van der Waals surface area contributed by atoms with Crippen molar-refractivity contribution < 1.29 is 13.6 Å². The van der Waals surface area contributed by atoms with E-state index in [0.29, 0.717) is 32.6 Å². The number of rotatable bonds is 5. The Morgan fingerprint density at radius 3 is 2.35 bits per heavy atom. The molecule has 1 aliphatic heterocycles. The molecule has 1 heterocycles. The van der Waals surface area contributed by atoms with Crippen LogP contribution in [0.25, 0.3) is 0 Å². The Balaban J connectivity index is 2.33. The summed E-state index contributed by atoms with van der Waals surface area (Å²) < 4.78 is 24.3. The molecular weight excluding hydrogens is 228 g/mol. The second kappa shape index (κ2) is 6.86. The Morgan fingerprint density at radius 2 is 1.88 bits per heavy atom. The van der Waals surface area contributed by atoms with Crippen molar-refractivity contribution in [3.05, 3.63) is 0 Å². The van der Waals surface area contributed by atoms with Crippen LogP contribution in [0.15, 0.2) is 0 Å². The normalized spacial score (nSPS) is 19.7. The van der Waals surface area contributed by atoms with E-state index in [0.717, 1.165) is 6.42 Å². The van der Waals surface area contributed by atoms with Gasteiger partial charge < -0.3 is 10.6 Å². The second-order valence-electron chi connectivity index (χ2n) is 4.41. The van der Waals surface area contributed by atoms with Crippen molar-refractivity contribution in [3.8, 4) is 0 Å². The van der Waals surface area contributed by atoms with Crippen LogP contribution < -0.4 is 5.73 Å². The van der Waals surface area contributed by atoms with Crippen LogP contribution >= 0.6 is 0 Å². The van der Waals surface area contributed by atoms with Gasteiger partial charge in [-0.3, -0.25) is 9.69 Å². The lowest BCUT2D eigenvalue weighted by atomic mass is 10.1. The van der Waals surface area contributed by atoms with Crippen molar-refractivity contribution >= 4 is 5.91 Å². The molecule has 0 aliphatic carbocycles. The standard InChI is InChI=1S/C11H21F2N3O/c1-2-3-9(14)11(17)16-6-4-15(5-7-16)8-10(12)13/h9-10H,2-8,14H2,1H3. The molecule has 1 saturated heterocycles. The van der Waals surface area contributed by atoms with Crippen molar-refractivity contribution in [2.45, 2.75) is 32.2 Å². The quantitative estimate of drug-likeness (QED) is 0.773. The molecule has 0 spiro atoms. The summed E-state index contributed by atoms with van der Waals surface area (Å²) in [5.41, 5.74) is 5.75. The zero-order valence-electron chi connectivity index (χ0n) is 10.2. The van der Waals surface area contributed by atoms with Gasteiger partial charge in [-0.05, 0) is 6.42 Å². The van der Waals surface area contributed by atoms with E-state index >= 15 is 0 Å². The molecule has 100 valence electrons. The third-order valence-electron chi connectivity index (χ3n) is 3.00. The van der Waals surface area contributed by atoms with Gasteiger partial charge in [0.05, 0.1) is 12.6 Å². The van der Waals surface area contributed by atoms with Gasteiger partial charge in [0.15, 0.2) is 0 Å². The smallest absolute Gasteiger partial charge is 0.251 e. The Morgan fingerprint density at radius 1 is 1.29 bits per heavy atom. The largest absolute Gasteiger partial charge is 0.339 e. The van der Waals surface area contributed by atoms with E-state index in [-0.39, 0.29) is 12.5 Å². The molecule has 1 amide bonds. The maximum atomic E-state index is 12.2. The summed E-state index contributed by atoms with van der Waals surface area (Å²) in [4.78, 5) is 15.2. The molecule has 6 heteroatoms. The fourth-order valence-electron chi connectivity index (χ4n) is 2.01. The Kier molecular flexibility index (Phi) is 5.77. The van der Waals surface area contributed by atoms with E-state index in [1.807, 2.05) is 6.92 Å². The van der Waals surface area contributed by atoms with Crippen molar-refractivity contribution in [3.63, 3.8) is 0 Å². The van der Waals surface area contributed by atoms with Gasteiger partial charge in [-0.15, -0.1) is 0 Å². The van der Waals surface area contributed by atoms with Crippen LogP contribution in [-0.2, 0) is 4.79 Å². The van der Waals surface area contributed by atoms with Gasteiger partial charge in [0, 0.05) is 26.2 Å². The zero-order valence-corrected chi connectivity index (χ0v) is 10.2. The molecule has 0 bridgehead atoms. The highest BCUT2D eigenvalue weighted by molar-refractivity contribution is 5.81. The van der Waals surface area contributed by atoms with Gasteiger partial charge in [0.25, 0.3) is 6.43 Å². The average molecular weight is 249 g/mol. The van der Waals surface area contributed by atoms with Crippen LogP contribution in [0.2, 0.25) is 0 Å². The predicted octanol–water partition coefficient (Wildman–Crippen LogP) is 0.523. The monoisotopic (exact) mass is 249 g/mol. The van der Waals surface area contributed by atoms with E-state index in [2.05, 4.69) is 0 Å². The number of hydrogen-bond acceptors (Lipinski definition) is 3. The molecule has 1 atom stereocenters. The summed E-state index contributed by atoms with van der Waals surface area (Å²) in [5.74, 6) is -0.0523. The summed E-state index contributed by atoms with van der Waals surface area (Å²) in [6.45, 7) is 3.80. The number of nitrogens with two attached hydrogens (primary N) is 1. The summed E-state index contributed by atoms with van der Waals surface area (Å²) in [5, 5.41) is 0. The first-order valence-corrected chi connectivity index (χ1v) is 6.09. The zero-order chi connectivity index (χ0) is 12.8. The van der Waals surface area contributed by atoms with Gasteiger partial charge in [-0.1, -0.05) is 13.3 Å². The van der Waals surface area contributed by atoms with Crippen LogP contribution in [-0.4, -0.2) is 60.9 Å². The fraction of sp³-hybridized carbons (Fsp3) is 0.909. The maximum Gasteiger partial charge on any atom is 0.251 e. The Bertz CT molecular complexity index is 243. The minimum absolute atomic E-state index is 0.0523. The number of alkyl halides is 2. The highest BCUT2D eigenvalue weighted by atomic mass is 19.3. The number of carbonyl (C=O) groups excluding carboxylic acids is 1. The molecule has 0 saturated carbocycles. The molecule has 1 fully saturated rings. The molecule has 1 unspecified atom stereocenters. The topological polar surface area (TPSA) is 49.6 Å². The number of hydrogen-bond donors (Lipinski definition) is 1. The van der Waals surface area contributed by atoms with Gasteiger partial charge in [0.1, 0.15) is 0 Å². The van der Waals surface area contributed by atoms with Crippen molar-refractivity contribution in [2.24, 2.45) is 5.73 Å².